The first kappa shape index (κ1) is 14.0. The number of hydrogen-bond acceptors (Lipinski definition) is 5. The lowest BCUT2D eigenvalue weighted by Crippen LogP contribution is -2.17. The predicted molar refractivity (Wildman–Crippen MR) is 76.4 cm³/mol. The van der Waals surface area contributed by atoms with Crippen LogP contribution < -0.4 is 14.8 Å². The number of imide groups is 1. The van der Waals surface area contributed by atoms with Crippen molar-refractivity contribution in [1.29, 1.82) is 0 Å². The average Bonchev–Trinajstić information content (AvgIpc) is 2.75. The summed E-state index contributed by atoms with van der Waals surface area (Å²) >= 11 is 0.863. The van der Waals surface area contributed by atoms with E-state index in [2.05, 4.69) is 11.2 Å². The number of carbonyl (C=O) groups is 2. The maximum atomic E-state index is 11.5. The summed E-state index contributed by atoms with van der Waals surface area (Å²) in [5.74, 6) is 3.00. The summed E-state index contributed by atoms with van der Waals surface area (Å²) in [5.41, 5.74) is 0.724. The van der Waals surface area contributed by atoms with Crippen LogP contribution in [0.2, 0.25) is 0 Å². The minimum atomic E-state index is -0.397. The van der Waals surface area contributed by atoms with Gasteiger partial charge in [0.15, 0.2) is 11.5 Å². The van der Waals surface area contributed by atoms with E-state index in [-0.39, 0.29) is 11.8 Å². The van der Waals surface area contributed by atoms with Gasteiger partial charge in [-0.15, -0.1) is 6.42 Å². The highest BCUT2D eigenvalue weighted by atomic mass is 32.2. The fourth-order valence-corrected chi connectivity index (χ4v) is 2.27. The van der Waals surface area contributed by atoms with Crippen LogP contribution in [-0.2, 0) is 4.79 Å². The van der Waals surface area contributed by atoms with Crippen molar-refractivity contribution in [1.82, 2.24) is 5.32 Å². The van der Waals surface area contributed by atoms with Crippen LogP contribution in [0.15, 0.2) is 23.1 Å². The first-order valence-electron chi connectivity index (χ1n) is 5.63. The van der Waals surface area contributed by atoms with Crippen LogP contribution in [0.25, 0.3) is 6.08 Å². The summed E-state index contributed by atoms with van der Waals surface area (Å²) in [6, 6.07) is 5.15. The molecule has 5 nitrogen and oxygen atoms in total. The van der Waals surface area contributed by atoms with E-state index in [4.69, 9.17) is 15.9 Å². The Morgan fingerprint density at radius 3 is 2.80 bits per heavy atom. The zero-order valence-corrected chi connectivity index (χ0v) is 11.5. The van der Waals surface area contributed by atoms with E-state index in [1.165, 1.54) is 7.11 Å². The fourth-order valence-electron chi connectivity index (χ4n) is 1.59. The molecule has 20 heavy (non-hydrogen) atoms. The number of terminal acetylenes is 1. The summed E-state index contributed by atoms with van der Waals surface area (Å²) in [6.45, 7) is 0.142. The maximum Gasteiger partial charge on any atom is 0.290 e. The second-order valence-corrected chi connectivity index (χ2v) is 4.77. The quantitative estimate of drug-likeness (QED) is 0.678. The second-order valence-electron chi connectivity index (χ2n) is 3.76. The van der Waals surface area contributed by atoms with Gasteiger partial charge in [-0.3, -0.25) is 14.9 Å². The molecule has 0 aromatic heterocycles. The molecular weight excluding hydrogens is 278 g/mol. The van der Waals surface area contributed by atoms with Gasteiger partial charge < -0.3 is 9.47 Å². The van der Waals surface area contributed by atoms with Crippen molar-refractivity contribution in [2.75, 3.05) is 13.7 Å². The molecule has 0 atom stereocenters. The van der Waals surface area contributed by atoms with Gasteiger partial charge in [0.25, 0.3) is 11.1 Å². The third-order valence-electron chi connectivity index (χ3n) is 2.44. The molecule has 1 heterocycles. The smallest absolute Gasteiger partial charge is 0.290 e. The summed E-state index contributed by atoms with van der Waals surface area (Å²) in [4.78, 5) is 22.9. The van der Waals surface area contributed by atoms with E-state index < -0.39 is 5.91 Å². The minimum Gasteiger partial charge on any atom is -0.493 e. The van der Waals surface area contributed by atoms with Gasteiger partial charge in [-0.2, -0.15) is 0 Å². The van der Waals surface area contributed by atoms with Crippen molar-refractivity contribution in [2.24, 2.45) is 0 Å². The van der Waals surface area contributed by atoms with Gasteiger partial charge in [0.1, 0.15) is 6.61 Å². The van der Waals surface area contributed by atoms with Gasteiger partial charge in [-0.1, -0.05) is 12.0 Å². The fraction of sp³-hybridized carbons (Fsp3) is 0.143. The molecule has 1 aliphatic rings. The highest BCUT2D eigenvalue weighted by molar-refractivity contribution is 8.18. The number of hydrogen-bond donors (Lipinski definition) is 1. The molecule has 0 unspecified atom stereocenters. The zero-order chi connectivity index (χ0) is 14.5. The highest BCUT2D eigenvalue weighted by Gasteiger charge is 2.25. The van der Waals surface area contributed by atoms with Crippen LogP contribution in [0.5, 0.6) is 11.5 Å². The Labute approximate surface area is 120 Å². The van der Waals surface area contributed by atoms with Gasteiger partial charge in [0.2, 0.25) is 0 Å². The summed E-state index contributed by atoms with van der Waals surface area (Å²) in [7, 11) is 1.51. The molecule has 1 aromatic rings. The molecule has 0 spiro atoms. The molecule has 102 valence electrons. The van der Waals surface area contributed by atoms with Gasteiger partial charge >= 0.3 is 0 Å². The van der Waals surface area contributed by atoms with Gasteiger partial charge in [-0.05, 0) is 35.5 Å². The lowest BCUT2D eigenvalue weighted by molar-refractivity contribution is -0.115. The molecule has 0 radical (unpaired) electrons. The number of methoxy groups -OCH3 is 1. The lowest BCUT2D eigenvalue weighted by Gasteiger charge is -2.09. The third-order valence-corrected chi connectivity index (χ3v) is 3.25. The maximum absolute atomic E-state index is 11.5. The lowest BCUT2D eigenvalue weighted by atomic mass is 10.2. The van der Waals surface area contributed by atoms with Gasteiger partial charge in [0.05, 0.1) is 12.0 Å². The van der Waals surface area contributed by atoms with E-state index >= 15 is 0 Å². The molecule has 6 heteroatoms. The van der Waals surface area contributed by atoms with Crippen LogP contribution in [0.3, 0.4) is 0 Å². The molecule has 1 fully saturated rings. The Hall–Kier alpha value is -2.39. The van der Waals surface area contributed by atoms with E-state index in [0.29, 0.717) is 16.4 Å². The molecule has 2 rings (SSSR count). The van der Waals surface area contributed by atoms with Crippen LogP contribution in [-0.4, -0.2) is 24.9 Å². The predicted octanol–water partition coefficient (Wildman–Crippen LogP) is 2.03. The number of carbonyl (C=O) groups excluding carboxylic acids is 2. The molecule has 0 saturated carbocycles. The molecule has 1 aromatic carbocycles. The van der Waals surface area contributed by atoms with Crippen LogP contribution in [0, 0.1) is 12.3 Å². The SMILES string of the molecule is C#CCOc1ccc(/C=C2/SC(=O)NC2=O)cc1OC. The van der Waals surface area contributed by atoms with E-state index in [9.17, 15) is 9.59 Å². The van der Waals surface area contributed by atoms with Crippen molar-refractivity contribution in [3.8, 4) is 23.8 Å². The Balaban J connectivity index is 2.26. The number of nitrogens with one attached hydrogen (secondary N) is 1. The van der Waals surface area contributed by atoms with Gasteiger partial charge in [0, 0.05) is 0 Å². The third kappa shape index (κ3) is 3.13. The standard InChI is InChI=1S/C14H11NO4S/c1-3-6-19-10-5-4-9(7-11(10)18-2)8-12-13(16)15-14(17)20-12/h1,4-5,7-8H,6H2,2H3,(H,15,16,17)/b12-8+. The Morgan fingerprint density at radius 1 is 1.40 bits per heavy atom. The number of ether oxygens (including phenoxy) is 2. The molecule has 0 bridgehead atoms. The second kappa shape index (κ2) is 6.17. The van der Waals surface area contributed by atoms with E-state index in [1.54, 1.807) is 24.3 Å². The molecule has 2 amide bonds. The van der Waals surface area contributed by atoms with Crippen molar-refractivity contribution in [3.05, 3.63) is 28.7 Å². The Morgan fingerprint density at radius 2 is 2.20 bits per heavy atom. The highest BCUT2D eigenvalue weighted by Crippen LogP contribution is 2.31. The average molecular weight is 289 g/mol. The summed E-state index contributed by atoms with van der Waals surface area (Å²) < 4.78 is 10.5. The van der Waals surface area contributed by atoms with E-state index in [0.717, 1.165) is 17.3 Å². The molecule has 0 aliphatic carbocycles. The van der Waals surface area contributed by atoms with Crippen molar-refractivity contribution in [3.63, 3.8) is 0 Å². The van der Waals surface area contributed by atoms with Crippen molar-refractivity contribution >= 4 is 29.0 Å². The summed E-state index contributed by atoms with van der Waals surface area (Å²) in [6.07, 6.45) is 6.74. The van der Waals surface area contributed by atoms with Crippen molar-refractivity contribution < 1.29 is 19.1 Å². The summed E-state index contributed by atoms with van der Waals surface area (Å²) in [5, 5.41) is 1.82. The first-order valence-corrected chi connectivity index (χ1v) is 6.45. The van der Waals surface area contributed by atoms with Gasteiger partial charge in [-0.25, -0.2) is 0 Å². The normalized spacial score (nSPS) is 15.9. The molecule has 1 saturated heterocycles. The minimum absolute atomic E-state index is 0.142. The zero-order valence-electron chi connectivity index (χ0n) is 10.6. The topological polar surface area (TPSA) is 64.6 Å². The van der Waals surface area contributed by atoms with Crippen LogP contribution >= 0.6 is 11.8 Å². The number of thioether (sulfide) groups is 1. The Bertz CT molecular complexity index is 631. The first-order chi connectivity index (χ1) is 9.63. The number of rotatable bonds is 4. The molecule has 1 N–H and O–H groups in total. The number of amides is 2. The Kier molecular flexibility index (Phi) is 4.33. The molecular formula is C14H11NO4S. The monoisotopic (exact) mass is 289 g/mol. The van der Waals surface area contributed by atoms with Crippen LogP contribution in [0.1, 0.15) is 5.56 Å². The van der Waals surface area contributed by atoms with E-state index in [1.807, 2.05) is 0 Å². The number of benzene rings is 1. The van der Waals surface area contributed by atoms with Crippen molar-refractivity contribution in [2.45, 2.75) is 0 Å². The largest absolute Gasteiger partial charge is 0.493 e. The van der Waals surface area contributed by atoms with Crippen LogP contribution in [0.4, 0.5) is 4.79 Å². The molecule has 1 aliphatic heterocycles.